The quantitative estimate of drug-likeness (QED) is 0.636. The Morgan fingerprint density at radius 2 is 1.88 bits per heavy atom. The van der Waals surface area contributed by atoms with Gasteiger partial charge in [-0.25, -0.2) is 4.39 Å². The van der Waals surface area contributed by atoms with E-state index in [0.29, 0.717) is 12.1 Å². The van der Waals surface area contributed by atoms with Gasteiger partial charge in [0.2, 0.25) is 0 Å². The molecule has 0 spiro atoms. The Morgan fingerprint density at radius 1 is 1.24 bits per heavy atom. The highest BCUT2D eigenvalue weighted by atomic mass is 19.1. The molecule has 0 fully saturated rings. The molecule has 0 saturated carbocycles. The minimum atomic E-state index is -0.623. The molecule has 0 aliphatic carbocycles. The predicted octanol–water partition coefficient (Wildman–Crippen LogP) is 1.61. The average Bonchev–Trinajstić information content (AvgIpc) is 2.29. The van der Waals surface area contributed by atoms with Crippen LogP contribution in [0.1, 0.15) is 31.4 Å². The monoisotopic (exact) mass is 241 g/mol. The van der Waals surface area contributed by atoms with Gasteiger partial charge < -0.3 is 15.5 Å². The summed E-state index contributed by atoms with van der Waals surface area (Å²) in [6.07, 6.45) is 0.717. The first-order valence-electron chi connectivity index (χ1n) is 5.92. The molecule has 2 atom stereocenters. The van der Waals surface area contributed by atoms with Crippen LogP contribution in [-0.4, -0.2) is 29.4 Å². The number of benzene rings is 1. The Morgan fingerprint density at radius 3 is 2.47 bits per heavy atom. The summed E-state index contributed by atoms with van der Waals surface area (Å²) >= 11 is 0. The molecule has 0 saturated heterocycles. The minimum Gasteiger partial charge on any atom is -0.393 e. The van der Waals surface area contributed by atoms with Crippen LogP contribution < -0.4 is 5.32 Å². The first-order valence-corrected chi connectivity index (χ1v) is 5.92. The van der Waals surface area contributed by atoms with Crippen LogP contribution in [0.5, 0.6) is 0 Å². The van der Waals surface area contributed by atoms with Crippen LogP contribution in [0.15, 0.2) is 24.3 Å². The Balaban J connectivity index is 2.21. The van der Waals surface area contributed by atoms with Gasteiger partial charge in [-0.2, -0.15) is 0 Å². The van der Waals surface area contributed by atoms with Crippen molar-refractivity contribution >= 4 is 0 Å². The number of hydrogen-bond donors (Lipinski definition) is 3. The molecule has 0 aliphatic rings. The Kier molecular flexibility index (Phi) is 6.11. The molecular weight excluding hydrogens is 221 g/mol. The molecule has 3 N–H and O–H groups in total. The maximum atomic E-state index is 12.7. The molecule has 1 rings (SSSR count). The molecular formula is C13H20FNO2. The molecule has 2 unspecified atom stereocenters. The van der Waals surface area contributed by atoms with Crippen LogP contribution in [0, 0.1) is 5.82 Å². The third-order valence-electron chi connectivity index (χ3n) is 2.57. The normalized spacial score (nSPS) is 14.6. The van der Waals surface area contributed by atoms with E-state index in [1.165, 1.54) is 12.1 Å². The highest BCUT2D eigenvalue weighted by Crippen LogP contribution is 2.12. The Labute approximate surface area is 101 Å². The van der Waals surface area contributed by atoms with Crippen LogP contribution in [0.25, 0.3) is 0 Å². The van der Waals surface area contributed by atoms with Crippen molar-refractivity contribution in [1.82, 2.24) is 5.32 Å². The third kappa shape index (κ3) is 5.77. The molecule has 0 amide bonds. The highest BCUT2D eigenvalue weighted by molar-refractivity contribution is 5.18. The zero-order valence-electron chi connectivity index (χ0n) is 10.1. The van der Waals surface area contributed by atoms with Crippen molar-refractivity contribution in [2.75, 3.05) is 13.1 Å². The van der Waals surface area contributed by atoms with Gasteiger partial charge in [0.1, 0.15) is 5.82 Å². The van der Waals surface area contributed by atoms with E-state index < -0.39 is 6.10 Å². The molecule has 0 aromatic heterocycles. The van der Waals surface area contributed by atoms with Crippen LogP contribution in [-0.2, 0) is 0 Å². The highest BCUT2D eigenvalue weighted by Gasteiger charge is 2.06. The van der Waals surface area contributed by atoms with Crippen molar-refractivity contribution in [3.63, 3.8) is 0 Å². The lowest BCUT2D eigenvalue weighted by Crippen LogP contribution is -2.23. The second-order valence-corrected chi connectivity index (χ2v) is 4.26. The van der Waals surface area contributed by atoms with Crippen molar-refractivity contribution in [2.45, 2.75) is 32.0 Å². The van der Waals surface area contributed by atoms with Crippen molar-refractivity contribution in [3.8, 4) is 0 Å². The smallest absolute Gasteiger partial charge is 0.123 e. The van der Waals surface area contributed by atoms with Gasteiger partial charge in [-0.3, -0.25) is 0 Å². The summed E-state index contributed by atoms with van der Waals surface area (Å²) in [5.41, 5.74) is 0.703. The molecule has 1 aromatic carbocycles. The Bertz CT molecular complexity index is 314. The summed E-state index contributed by atoms with van der Waals surface area (Å²) in [7, 11) is 0. The predicted molar refractivity (Wildman–Crippen MR) is 65.1 cm³/mol. The molecule has 0 heterocycles. The number of hydrogen-bond acceptors (Lipinski definition) is 3. The molecule has 4 heteroatoms. The van der Waals surface area contributed by atoms with Crippen LogP contribution >= 0.6 is 0 Å². The lowest BCUT2D eigenvalue weighted by Gasteiger charge is -2.12. The van der Waals surface area contributed by atoms with Gasteiger partial charge >= 0.3 is 0 Å². The van der Waals surface area contributed by atoms with E-state index in [1.54, 1.807) is 19.1 Å². The molecule has 17 heavy (non-hydrogen) atoms. The van der Waals surface area contributed by atoms with Gasteiger partial charge in [-0.1, -0.05) is 12.1 Å². The number of aliphatic hydroxyl groups excluding tert-OH is 2. The van der Waals surface area contributed by atoms with Crippen molar-refractivity contribution < 1.29 is 14.6 Å². The SMILES string of the molecule is CC(O)CCCNCC(O)c1ccc(F)cc1. The van der Waals surface area contributed by atoms with Crippen LogP contribution in [0.2, 0.25) is 0 Å². The standard InChI is InChI=1S/C13H20FNO2/c1-10(16)3-2-8-15-9-13(17)11-4-6-12(14)7-5-11/h4-7,10,13,15-17H,2-3,8-9H2,1H3. The molecule has 0 aliphatic heterocycles. The molecule has 1 aromatic rings. The van der Waals surface area contributed by atoms with Gasteiger partial charge in [0, 0.05) is 6.54 Å². The fourth-order valence-electron chi connectivity index (χ4n) is 1.56. The topological polar surface area (TPSA) is 52.5 Å². The van der Waals surface area contributed by atoms with Gasteiger partial charge in [0.25, 0.3) is 0 Å². The van der Waals surface area contributed by atoms with E-state index in [0.717, 1.165) is 19.4 Å². The first kappa shape index (κ1) is 14.1. The van der Waals surface area contributed by atoms with E-state index in [1.807, 2.05) is 0 Å². The van der Waals surface area contributed by atoms with Gasteiger partial charge in [0.15, 0.2) is 0 Å². The first-order chi connectivity index (χ1) is 8.09. The van der Waals surface area contributed by atoms with Crippen LogP contribution in [0.3, 0.4) is 0 Å². The fourth-order valence-corrected chi connectivity index (χ4v) is 1.56. The molecule has 96 valence electrons. The van der Waals surface area contributed by atoms with Crippen molar-refractivity contribution in [2.24, 2.45) is 0 Å². The number of nitrogens with one attached hydrogen (secondary N) is 1. The second kappa shape index (κ2) is 7.37. The van der Waals surface area contributed by atoms with Crippen molar-refractivity contribution in [1.29, 1.82) is 0 Å². The lowest BCUT2D eigenvalue weighted by molar-refractivity contribution is 0.168. The number of aliphatic hydroxyl groups is 2. The van der Waals surface area contributed by atoms with E-state index in [4.69, 9.17) is 5.11 Å². The number of rotatable bonds is 7. The van der Waals surface area contributed by atoms with E-state index in [-0.39, 0.29) is 11.9 Å². The lowest BCUT2D eigenvalue weighted by atomic mass is 10.1. The maximum Gasteiger partial charge on any atom is 0.123 e. The minimum absolute atomic E-state index is 0.279. The van der Waals surface area contributed by atoms with Crippen LogP contribution in [0.4, 0.5) is 4.39 Å². The Hall–Kier alpha value is -0.970. The summed E-state index contributed by atoms with van der Waals surface area (Å²) in [5, 5.41) is 21.9. The number of halogens is 1. The van der Waals surface area contributed by atoms with Crippen molar-refractivity contribution in [3.05, 3.63) is 35.6 Å². The summed E-state index contributed by atoms with van der Waals surface area (Å²) in [6, 6.07) is 5.84. The summed E-state index contributed by atoms with van der Waals surface area (Å²) < 4.78 is 12.7. The zero-order valence-corrected chi connectivity index (χ0v) is 10.1. The van der Waals surface area contributed by atoms with Gasteiger partial charge in [-0.15, -0.1) is 0 Å². The summed E-state index contributed by atoms with van der Waals surface area (Å²) in [6.45, 7) is 2.95. The van der Waals surface area contributed by atoms with Gasteiger partial charge in [-0.05, 0) is 44.0 Å². The maximum absolute atomic E-state index is 12.7. The molecule has 0 bridgehead atoms. The van der Waals surface area contributed by atoms with E-state index >= 15 is 0 Å². The fraction of sp³-hybridized carbons (Fsp3) is 0.538. The largest absolute Gasteiger partial charge is 0.393 e. The van der Waals surface area contributed by atoms with E-state index in [2.05, 4.69) is 5.32 Å². The third-order valence-corrected chi connectivity index (χ3v) is 2.57. The second-order valence-electron chi connectivity index (χ2n) is 4.26. The molecule has 0 radical (unpaired) electrons. The van der Waals surface area contributed by atoms with Gasteiger partial charge in [0.05, 0.1) is 12.2 Å². The average molecular weight is 241 g/mol. The molecule has 3 nitrogen and oxygen atoms in total. The summed E-state index contributed by atoms with van der Waals surface area (Å²) in [5.74, 6) is -0.300. The van der Waals surface area contributed by atoms with E-state index in [9.17, 15) is 9.50 Å². The zero-order chi connectivity index (χ0) is 12.7. The summed E-state index contributed by atoms with van der Waals surface area (Å²) in [4.78, 5) is 0.